The lowest BCUT2D eigenvalue weighted by atomic mass is 10.1. The van der Waals surface area contributed by atoms with E-state index in [9.17, 15) is 9.59 Å². The van der Waals surface area contributed by atoms with Crippen LogP contribution < -0.4 is 5.32 Å². The summed E-state index contributed by atoms with van der Waals surface area (Å²) in [5, 5.41) is 3.31. The Hall–Kier alpha value is -1.10. The summed E-state index contributed by atoms with van der Waals surface area (Å²) in [7, 11) is 0. The van der Waals surface area contributed by atoms with E-state index in [4.69, 9.17) is 0 Å². The molecule has 2 amide bonds. The van der Waals surface area contributed by atoms with Crippen LogP contribution in [-0.4, -0.2) is 60.4 Å². The molecule has 0 aromatic rings. The van der Waals surface area contributed by atoms with Gasteiger partial charge in [-0.2, -0.15) is 0 Å². The Morgan fingerprint density at radius 2 is 1.55 bits per heavy atom. The summed E-state index contributed by atoms with van der Waals surface area (Å²) in [6.07, 6.45) is 4.62. The predicted octanol–water partition coefficient (Wildman–Crippen LogP) is 2.02. The van der Waals surface area contributed by atoms with Crippen LogP contribution in [0.1, 0.15) is 59.3 Å². The van der Waals surface area contributed by atoms with Crippen molar-refractivity contribution in [3.8, 4) is 0 Å². The standard InChI is InChI=1S/C17H33N3O2/c1-4-11-19(12-5-2)16(21)7-8-17(22)20(13-6-3)15-9-10-18-14-15/h15,18H,4-14H2,1-3H3. The normalized spacial score (nSPS) is 17.5. The summed E-state index contributed by atoms with van der Waals surface area (Å²) >= 11 is 0. The van der Waals surface area contributed by atoms with Crippen molar-refractivity contribution in [1.82, 2.24) is 15.1 Å². The Kier molecular flexibility index (Phi) is 9.13. The van der Waals surface area contributed by atoms with Gasteiger partial charge in [-0.25, -0.2) is 0 Å². The molecule has 0 aromatic heterocycles. The molecule has 5 heteroatoms. The molecule has 1 N–H and O–H groups in total. The summed E-state index contributed by atoms with van der Waals surface area (Å²) in [4.78, 5) is 28.6. The largest absolute Gasteiger partial charge is 0.343 e. The molecule has 1 atom stereocenters. The third-order valence-corrected chi connectivity index (χ3v) is 4.15. The maximum Gasteiger partial charge on any atom is 0.223 e. The van der Waals surface area contributed by atoms with Gasteiger partial charge < -0.3 is 15.1 Å². The van der Waals surface area contributed by atoms with Gasteiger partial charge in [-0.1, -0.05) is 20.8 Å². The van der Waals surface area contributed by atoms with Gasteiger partial charge in [0, 0.05) is 45.1 Å². The van der Waals surface area contributed by atoms with Gasteiger partial charge in [-0.15, -0.1) is 0 Å². The van der Waals surface area contributed by atoms with Crippen molar-refractivity contribution in [2.24, 2.45) is 0 Å². The molecule has 1 rings (SSSR count). The highest BCUT2D eigenvalue weighted by molar-refractivity contribution is 5.84. The maximum atomic E-state index is 12.5. The van der Waals surface area contributed by atoms with Crippen LogP contribution in [0.15, 0.2) is 0 Å². The molecule has 1 aliphatic heterocycles. The molecule has 1 unspecified atom stereocenters. The van der Waals surface area contributed by atoms with E-state index in [1.165, 1.54) is 0 Å². The number of carbonyl (C=O) groups is 2. The number of amides is 2. The fraction of sp³-hybridized carbons (Fsp3) is 0.882. The molecule has 1 fully saturated rings. The van der Waals surface area contributed by atoms with Crippen molar-refractivity contribution in [3.63, 3.8) is 0 Å². The molecule has 0 aromatic carbocycles. The molecule has 0 spiro atoms. The molecule has 0 bridgehead atoms. The van der Waals surface area contributed by atoms with E-state index < -0.39 is 0 Å². The highest BCUT2D eigenvalue weighted by atomic mass is 16.2. The molecule has 1 aliphatic rings. The van der Waals surface area contributed by atoms with Crippen LogP contribution in [0, 0.1) is 0 Å². The maximum absolute atomic E-state index is 12.5. The third-order valence-electron chi connectivity index (χ3n) is 4.15. The van der Waals surface area contributed by atoms with Gasteiger partial charge >= 0.3 is 0 Å². The number of nitrogens with one attached hydrogen (secondary N) is 1. The molecule has 1 heterocycles. The second-order valence-electron chi connectivity index (χ2n) is 6.11. The third kappa shape index (κ3) is 5.95. The Morgan fingerprint density at radius 3 is 2.05 bits per heavy atom. The summed E-state index contributed by atoms with van der Waals surface area (Å²) in [5.74, 6) is 0.259. The first kappa shape index (κ1) is 18.9. The fourth-order valence-electron chi connectivity index (χ4n) is 3.07. The second-order valence-corrected chi connectivity index (χ2v) is 6.11. The van der Waals surface area contributed by atoms with Crippen LogP contribution in [0.3, 0.4) is 0 Å². The molecule has 0 saturated carbocycles. The van der Waals surface area contributed by atoms with Gasteiger partial charge in [0.2, 0.25) is 11.8 Å². The van der Waals surface area contributed by atoms with Gasteiger partial charge in [-0.05, 0) is 32.2 Å². The molecule has 0 aliphatic carbocycles. The summed E-state index contributed by atoms with van der Waals surface area (Å²) in [5.41, 5.74) is 0. The monoisotopic (exact) mass is 311 g/mol. The van der Waals surface area contributed by atoms with E-state index in [0.29, 0.717) is 18.9 Å². The molecule has 5 nitrogen and oxygen atoms in total. The van der Waals surface area contributed by atoms with E-state index in [0.717, 1.165) is 58.4 Å². The van der Waals surface area contributed by atoms with Crippen molar-refractivity contribution in [2.45, 2.75) is 65.3 Å². The van der Waals surface area contributed by atoms with Crippen molar-refractivity contribution in [2.75, 3.05) is 32.7 Å². The number of carbonyl (C=O) groups excluding carboxylic acids is 2. The quantitative estimate of drug-likeness (QED) is 0.671. The minimum absolute atomic E-state index is 0.123. The zero-order chi connectivity index (χ0) is 16.4. The lowest BCUT2D eigenvalue weighted by molar-refractivity contribution is -0.138. The average Bonchev–Trinajstić information content (AvgIpc) is 3.03. The zero-order valence-corrected chi connectivity index (χ0v) is 14.6. The molecule has 0 radical (unpaired) electrons. The lowest BCUT2D eigenvalue weighted by Gasteiger charge is -2.29. The summed E-state index contributed by atoms with van der Waals surface area (Å²) < 4.78 is 0. The predicted molar refractivity (Wildman–Crippen MR) is 89.7 cm³/mol. The van der Waals surface area contributed by atoms with Gasteiger partial charge in [0.05, 0.1) is 0 Å². The SMILES string of the molecule is CCCN(CCC)C(=O)CCC(=O)N(CCC)C1CCNC1. The molecular weight excluding hydrogens is 278 g/mol. The smallest absolute Gasteiger partial charge is 0.223 e. The van der Waals surface area contributed by atoms with Crippen LogP contribution >= 0.6 is 0 Å². The number of nitrogens with zero attached hydrogens (tertiary/aromatic N) is 2. The van der Waals surface area contributed by atoms with E-state index >= 15 is 0 Å². The van der Waals surface area contributed by atoms with Gasteiger partial charge in [0.15, 0.2) is 0 Å². The van der Waals surface area contributed by atoms with Crippen LogP contribution in [0.5, 0.6) is 0 Å². The van der Waals surface area contributed by atoms with E-state index in [1.807, 2.05) is 9.80 Å². The minimum atomic E-state index is 0.123. The highest BCUT2D eigenvalue weighted by Crippen LogP contribution is 2.12. The Morgan fingerprint density at radius 1 is 0.955 bits per heavy atom. The van der Waals surface area contributed by atoms with E-state index in [1.54, 1.807) is 0 Å². The van der Waals surface area contributed by atoms with Crippen LogP contribution in [-0.2, 0) is 9.59 Å². The average molecular weight is 311 g/mol. The molecule has 22 heavy (non-hydrogen) atoms. The van der Waals surface area contributed by atoms with Gasteiger partial charge in [-0.3, -0.25) is 9.59 Å². The molecule has 1 saturated heterocycles. The zero-order valence-electron chi connectivity index (χ0n) is 14.6. The first-order chi connectivity index (χ1) is 10.6. The summed E-state index contributed by atoms with van der Waals surface area (Å²) in [6, 6.07) is 0.310. The van der Waals surface area contributed by atoms with Crippen LogP contribution in [0.2, 0.25) is 0 Å². The van der Waals surface area contributed by atoms with Gasteiger partial charge in [0.25, 0.3) is 0 Å². The first-order valence-corrected chi connectivity index (χ1v) is 8.91. The van der Waals surface area contributed by atoms with E-state index in [-0.39, 0.29) is 11.8 Å². The highest BCUT2D eigenvalue weighted by Gasteiger charge is 2.26. The van der Waals surface area contributed by atoms with Gasteiger partial charge in [0.1, 0.15) is 0 Å². The fourth-order valence-corrected chi connectivity index (χ4v) is 3.07. The van der Waals surface area contributed by atoms with Crippen molar-refractivity contribution >= 4 is 11.8 Å². The summed E-state index contributed by atoms with van der Waals surface area (Å²) in [6.45, 7) is 10.5. The van der Waals surface area contributed by atoms with Crippen molar-refractivity contribution < 1.29 is 9.59 Å². The number of rotatable bonds is 10. The minimum Gasteiger partial charge on any atom is -0.343 e. The first-order valence-electron chi connectivity index (χ1n) is 8.91. The Balaban J connectivity index is 2.48. The molecule has 128 valence electrons. The Bertz CT molecular complexity index is 335. The number of hydrogen-bond acceptors (Lipinski definition) is 3. The lowest BCUT2D eigenvalue weighted by Crippen LogP contribution is -2.42. The Labute approximate surface area is 135 Å². The van der Waals surface area contributed by atoms with Crippen molar-refractivity contribution in [1.29, 1.82) is 0 Å². The number of hydrogen-bond donors (Lipinski definition) is 1. The van der Waals surface area contributed by atoms with Crippen LogP contribution in [0.4, 0.5) is 0 Å². The topological polar surface area (TPSA) is 52.7 Å². The second kappa shape index (κ2) is 10.6. The molecular formula is C17H33N3O2. The van der Waals surface area contributed by atoms with Crippen molar-refractivity contribution in [3.05, 3.63) is 0 Å². The van der Waals surface area contributed by atoms with E-state index in [2.05, 4.69) is 26.1 Å². The van der Waals surface area contributed by atoms with Crippen LogP contribution in [0.25, 0.3) is 0 Å².